The zero-order valence-electron chi connectivity index (χ0n) is 15.6. The predicted molar refractivity (Wildman–Crippen MR) is 107 cm³/mol. The minimum atomic E-state index is -0.394. The van der Waals surface area contributed by atoms with Crippen LogP contribution in [0.1, 0.15) is 17.2 Å². The van der Waals surface area contributed by atoms with Crippen molar-refractivity contribution in [3.63, 3.8) is 0 Å². The summed E-state index contributed by atoms with van der Waals surface area (Å²) in [6.07, 6.45) is 1.78. The Morgan fingerprint density at radius 2 is 1.76 bits per heavy atom. The minimum absolute atomic E-state index is 0.0557. The second-order valence-electron chi connectivity index (χ2n) is 6.86. The first kappa shape index (κ1) is 18.8. The molecule has 0 radical (unpaired) electrons. The monoisotopic (exact) mass is 391 g/mol. The third kappa shape index (κ3) is 4.48. The maximum atomic E-state index is 13.4. The highest BCUT2D eigenvalue weighted by Gasteiger charge is 2.17. The summed E-state index contributed by atoms with van der Waals surface area (Å²) in [4.78, 5) is 17.0. The van der Waals surface area contributed by atoms with Crippen LogP contribution >= 0.6 is 0 Å². The molecule has 1 aromatic heterocycles. The average molecular weight is 391 g/mol. The fourth-order valence-corrected chi connectivity index (χ4v) is 3.36. The Balaban J connectivity index is 1.58. The summed E-state index contributed by atoms with van der Waals surface area (Å²) in [5.41, 5.74) is 3.17. The SMILES string of the molecule is O=C(Cc1cccc(F)c1)NC(Cn1cnc2ccccc21)c1ccc(F)cc1. The van der Waals surface area contributed by atoms with Crippen molar-refractivity contribution in [1.82, 2.24) is 14.9 Å². The van der Waals surface area contributed by atoms with E-state index < -0.39 is 6.04 Å². The molecular weight excluding hydrogens is 372 g/mol. The number of aromatic nitrogens is 2. The van der Waals surface area contributed by atoms with Crippen molar-refractivity contribution >= 4 is 16.9 Å². The number of carbonyl (C=O) groups is 1. The van der Waals surface area contributed by atoms with Crippen LogP contribution < -0.4 is 5.32 Å². The molecule has 1 atom stereocenters. The number of fused-ring (bicyclic) bond motifs is 1. The highest BCUT2D eigenvalue weighted by molar-refractivity contribution is 5.79. The third-order valence-electron chi connectivity index (χ3n) is 4.77. The van der Waals surface area contributed by atoms with Crippen molar-refractivity contribution in [2.75, 3.05) is 0 Å². The van der Waals surface area contributed by atoms with Crippen molar-refractivity contribution in [2.45, 2.75) is 19.0 Å². The number of nitrogens with zero attached hydrogens (tertiary/aromatic N) is 2. The summed E-state index contributed by atoms with van der Waals surface area (Å²) in [5.74, 6) is -0.962. The number of benzene rings is 3. The fourth-order valence-electron chi connectivity index (χ4n) is 3.36. The van der Waals surface area contributed by atoms with E-state index in [9.17, 15) is 13.6 Å². The van der Waals surface area contributed by atoms with E-state index in [1.54, 1.807) is 30.6 Å². The maximum Gasteiger partial charge on any atom is 0.224 e. The van der Waals surface area contributed by atoms with E-state index in [-0.39, 0.29) is 24.0 Å². The van der Waals surface area contributed by atoms with Gasteiger partial charge in [-0.15, -0.1) is 0 Å². The molecule has 0 saturated carbocycles. The van der Waals surface area contributed by atoms with Gasteiger partial charge in [0.1, 0.15) is 11.6 Å². The number of imidazole rings is 1. The molecule has 3 aromatic carbocycles. The summed E-state index contributed by atoms with van der Waals surface area (Å²) in [7, 11) is 0. The summed E-state index contributed by atoms with van der Waals surface area (Å²) in [5, 5.41) is 2.99. The van der Waals surface area contributed by atoms with Crippen molar-refractivity contribution < 1.29 is 13.6 Å². The van der Waals surface area contributed by atoms with Crippen LogP contribution in [0.15, 0.2) is 79.1 Å². The van der Waals surface area contributed by atoms with Gasteiger partial charge in [-0.05, 0) is 47.5 Å². The Hall–Kier alpha value is -3.54. The zero-order chi connectivity index (χ0) is 20.2. The molecule has 0 saturated heterocycles. The molecule has 4 rings (SSSR count). The zero-order valence-corrected chi connectivity index (χ0v) is 15.6. The van der Waals surface area contributed by atoms with Crippen LogP contribution in [0.3, 0.4) is 0 Å². The first-order chi connectivity index (χ1) is 14.1. The largest absolute Gasteiger partial charge is 0.347 e. The van der Waals surface area contributed by atoms with Gasteiger partial charge in [-0.1, -0.05) is 36.4 Å². The number of halogens is 2. The number of amides is 1. The smallest absolute Gasteiger partial charge is 0.224 e. The second-order valence-corrected chi connectivity index (χ2v) is 6.86. The molecule has 0 aliphatic rings. The molecule has 4 nitrogen and oxygen atoms in total. The van der Waals surface area contributed by atoms with Crippen LogP contribution in [0.5, 0.6) is 0 Å². The Morgan fingerprint density at radius 1 is 0.966 bits per heavy atom. The average Bonchev–Trinajstić information content (AvgIpc) is 3.11. The van der Waals surface area contributed by atoms with E-state index in [2.05, 4.69) is 10.3 Å². The highest BCUT2D eigenvalue weighted by Crippen LogP contribution is 2.20. The van der Waals surface area contributed by atoms with Crippen LogP contribution in [0.4, 0.5) is 8.78 Å². The standard InChI is InChI=1S/C23H19F2N3O/c24-18-10-8-17(9-11-18)21(14-28-15-26-20-6-1-2-7-22(20)28)27-23(29)13-16-4-3-5-19(25)12-16/h1-12,15,21H,13-14H2,(H,27,29). The predicted octanol–water partition coefficient (Wildman–Crippen LogP) is 4.41. The van der Waals surface area contributed by atoms with Gasteiger partial charge >= 0.3 is 0 Å². The molecule has 1 amide bonds. The topological polar surface area (TPSA) is 46.9 Å². The number of para-hydroxylation sites is 2. The van der Waals surface area contributed by atoms with Crippen molar-refractivity contribution in [3.8, 4) is 0 Å². The van der Waals surface area contributed by atoms with Crippen LogP contribution in [0.2, 0.25) is 0 Å². The van der Waals surface area contributed by atoms with Gasteiger partial charge in [0.2, 0.25) is 5.91 Å². The summed E-state index contributed by atoms with van der Waals surface area (Å²) < 4.78 is 28.7. The normalized spacial score (nSPS) is 12.1. The van der Waals surface area contributed by atoms with Gasteiger partial charge in [-0.3, -0.25) is 4.79 Å². The molecule has 1 heterocycles. The molecule has 6 heteroatoms. The van der Waals surface area contributed by atoms with Crippen LogP contribution in [-0.2, 0) is 17.8 Å². The molecule has 0 aliphatic carbocycles. The Morgan fingerprint density at radius 3 is 2.55 bits per heavy atom. The Bertz CT molecular complexity index is 1140. The molecule has 4 aromatic rings. The maximum absolute atomic E-state index is 13.4. The van der Waals surface area contributed by atoms with Gasteiger partial charge in [0, 0.05) is 6.54 Å². The summed E-state index contributed by atoms with van der Waals surface area (Å²) in [6, 6.07) is 19.3. The molecule has 29 heavy (non-hydrogen) atoms. The highest BCUT2D eigenvalue weighted by atomic mass is 19.1. The lowest BCUT2D eigenvalue weighted by molar-refractivity contribution is -0.121. The van der Waals surface area contributed by atoms with E-state index in [1.165, 1.54) is 24.3 Å². The molecule has 146 valence electrons. The fraction of sp³-hybridized carbons (Fsp3) is 0.130. The number of hydrogen-bond donors (Lipinski definition) is 1. The van der Waals surface area contributed by atoms with Gasteiger partial charge in [0.05, 0.1) is 29.8 Å². The van der Waals surface area contributed by atoms with Crippen molar-refractivity contribution in [3.05, 3.63) is 102 Å². The lowest BCUT2D eigenvalue weighted by atomic mass is 10.1. The first-order valence-corrected chi connectivity index (χ1v) is 9.27. The number of rotatable bonds is 6. The molecule has 1 unspecified atom stereocenters. The van der Waals surface area contributed by atoms with Gasteiger partial charge < -0.3 is 9.88 Å². The number of hydrogen-bond acceptors (Lipinski definition) is 2. The van der Waals surface area contributed by atoms with Crippen LogP contribution in [0, 0.1) is 11.6 Å². The molecule has 0 bridgehead atoms. The van der Waals surface area contributed by atoms with E-state index in [1.807, 2.05) is 28.8 Å². The van der Waals surface area contributed by atoms with Gasteiger partial charge in [0.15, 0.2) is 0 Å². The van der Waals surface area contributed by atoms with Gasteiger partial charge in [-0.25, -0.2) is 13.8 Å². The van der Waals surface area contributed by atoms with Crippen LogP contribution in [0.25, 0.3) is 11.0 Å². The van der Waals surface area contributed by atoms with E-state index in [4.69, 9.17) is 0 Å². The van der Waals surface area contributed by atoms with Crippen molar-refractivity contribution in [2.24, 2.45) is 0 Å². The van der Waals surface area contributed by atoms with Gasteiger partial charge in [-0.2, -0.15) is 0 Å². The summed E-state index contributed by atoms with van der Waals surface area (Å²) in [6.45, 7) is 0.432. The second kappa shape index (κ2) is 8.22. The molecule has 0 fully saturated rings. The Labute approximate surface area is 166 Å². The van der Waals surface area contributed by atoms with Crippen molar-refractivity contribution in [1.29, 1.82) is 0 Å². The summed E-state index contributed by atoms with van der Waals surface area (Å²) >= 11 is 0. The van der Waals surface area contributed by atoms with Gasteiger partial charge in [0.25, 0.3) is 0 Å². The quantitative estimate of drug-likeness (QED) is 0.529. The molecular formula is C23H19F2N3O. The van der Waals surface area contributed by atoms with E-state index in [0.29, 0.717) is 12.1 Å². The molecule has 0 spiro atoms. The first-order valence-electron chi connectivity index (χ1n) is 9.27. The Kier molecular flexibility index (Phi) is 5.33. The van der Waals surface area contributed by atoms with Crippen LogP contribution in [-0.4, -0.2) is 15.5 Å². The third-order valence-corrected chi connectivity index (χ3v) is 4.77. The molecule has 1 N–H and O–H groups in total. The van der Waals surface area contributed by atoms with E-state index in [0.717, 1.165) is 16.6 Å². The molecule has 0 aliphatic heterocycles. The lowest BCUT2D eigenvalue weighted by Gasteiger charge is -2.20. The number of nitrogens with one attached hydrogen (secondary N) is 1. The lowest BCUT2D eigenvalue weighted by Crippen LogP contribution is -2.32. The minimum Gasteiger partial charge on any atom is -0.347 e. The number of carbonyl (C=O) groups excluding carboxylic acids is 1. The van der Waals surface area contributed by atoms with E-state index >= 15 is 0 Å².